The molecule has 2 fully saturated rings. The summed E-state index contributed by atoms with van der Waals surface area (Å²) in [5.41, 5.74) is 2.64. The average Bonchev–Trinajstić information content (AvgIpc) is 3.25. The number of carbonyl (C=O) groups excluding carboxylic acids is 1. The van der Waals surface area contributed by atoms with Crippen molar-refractivity contribution in [2.24, 2.45) is 0 Å². The van der Waals surface area contributed by atoms with Crippen LogP contribution in [-0.2, 0) is 6.54 Å². The number of benzene rings is 1. The van der Waals surface area contributed by atoms with Gasteiger partial charge in [0.1, 0.15) is 0 Å². The third-order valence-corrected chi connectivity index (χ3v) is 6.06. The zero-order valence-electron chi connectivity index (χ0n) is 17.6. The first-order valence-corrected chi connectivity index (χ1v) is 10.3. The Labute approximate surface area is 190 Å². The van der Waals surface area contributed by atoms with E-state index in [1.54, 1.807) is 0 Å². The van der Waals surface area contributed by atoms with E-state index in [-0.39, 0.29) is 36.8 Å². The molecule has 9 heteroatoms. The second-order valence-electron chi connectivity index (χ2n) is 8.12. The number of amides is 1. The summed E-state index contributed by atoms with van der Waals surface area (Å²) in [5, 5.41) is 15.0. The van der Waals surface area contributed by atoms with Crippen LogP contribution < -0.4 is 10.6 Å². The minimum absolute atomic E-state index is 0. The van der Waals surface area contributed by atoms with Gasteiger partial charge in [-0.25, -0.2) is 4.68 Å². The number of nitrogens with zero attached hydrogens (tertiary/aromatic N) is 4. The summed E-state index contributed by atoms with van der Waals surface area (Å²) in [6.07, 6.45) is 3.01. The minimum Gasteiger partial charge on any atom is -0.346 e. The smallest absolute Gasteiger partial charge is 0.274 e. The van der Waals surface area contributed by atoms with Crippen molar-refractivity contribution in [3.05, 3.63) is 47.3 Å². The van der Waals surface area contributed by atoms with E-state index >= 15 is 0 Å². The number of aromatic nitrogens is 3. The maximum atomic E-state index is 12.8. The number of hydrogen-bond acceptors (Lipinski definition) is 5. The lowest BCUT2D eigenvalue weighted by atomic mass is 10.1. The van der Waals surface area contributed by atoms with Gasteiger partial charge in [0.05, 0.1) is 11.7 Å². The maximum Gasteiger partial charge on any atom is 0.274 e. The van der Waals surface area contributed by atoms with Crippen LogP contribution in [0, 0.1) is 6.92 Å². The molecular formula is C21H32Cl2N6O. The molecule has 2 unspecified atom stereocenters. The van der Waals surface area contributed by atoms with Crippen molar-refractivity contribution in [2.75, 3.05) is 19.6 Å². The van der Waals surface area contributed by atoms with Gasteiger partial charge in [0.25, 0.3) is 5.91 Å². The Morgan fingerprint density at radius 3 is 2.60 bits per heavy atom. The molecule has 7 nitrogen and oxygen atoms in total. The summed E-state index contributed by atoms with van der Waals surface area (Å²) in [7, 11) is 0. The van der Waals surface area contributed by atoms with Gasteiger partial charge in [0.2, 0.25) is 0 Å². The van der Waals surface area contributed by atoms with E-state index < -0.39 is 0 Å². The van der Waals surface area contributed by atoms with Crippen molar-refractivity contribution in [3.8, 4) is 0 Å². The molecule has 4 rings (SSSR count). The minimum atomic E-state index is -0.101. The zero-order chi connectivity index (χ0) is 19.5. The molecule has 2 aromatic rings. The largest absolute Gasteiger partial charge is 0.346 e. The summed E-state index contributed by atoms with van der Waals surface area (Å²) < 4.78 is 1.94. The predicted octanol–water partition coefficient (Wildman–Crippen LogP) is 2.75. The Morgan fingerprint density at radius 2 is 1.90 bits per heavy atom. The number of piperidine rings is 1. The lowest BCUT2D eigenvalue weighted by Gasteiger charge is -2.23. The molecule has 0 spiro atoms. The summed E-state index contributed by atoms with van der Waals surface area (Å²) >= 11 is 0. The van der Waals surface area contributed by atoms with Gasteiger partial charge in [-0.15, -0.1) is 29.9 Å². The lowest BCUT2D eigenvalue weighted by Crippen LogP contribution is -2.37. The Bertz CT molecular complexity index is 809. The van der Waals surface area contributed by atoms with E-state index in [1.165, 1.54) is 5.56 Å². The molecule has 2 aliphatic heterocycles. The number of carbonyl (C=O) groups is 1. The highest BCUT2D eigenvalue weighted by Gasteiger charge is 2.31. The first kappa shape index (κ1) is 24.6. The van der Waals surface area contributed by atoms with Gasteiger partial charge in [-0.2, -0.15) is 0 Å². The standard InChI is InChI=1S/C21H30N6O.2ClH/c1-15-12-18(14-26(15)13-17-6-4-3-5-7-17)23-21(28)20-16(2)27(25-24-20)19-8-10-22-11-9-19;;/h3-7,15,18-19,22H,8-14H2,1-2H3,(H,23,28);2*1H. The number of halogens is 2. The van der Waals surface area contributed by atoms with Crippen LogP contribution in [0.1, 0.15) is 54.0 Å². The topological polar surface area (TPSA) is 75.1 Å². The van der Waals surface area contributed by atoms with E-state index in [4.69, 9.17) is 0 Å². The summed E-state index contributed by atoms with van der Waals surface area (Å²) in [6.45, 7) is 7.94. The van der Waals surface area contributed by atoms with Crippen molar-refractivity contribution in [1.82, 2.24) is 30.5 Å². The summed E-state index contributed by atoms with van der Waals surface area (Å²) in [6, 6.07) is 11.4. The highest BCUT2D eigenvalue weighted by Crippen LogP contribution is 2.22. The molecule has 2 atom stereocenters. The van der Waals surface area contributed by atoms with Crippen LogP contribution in [-0.4, -0.2) is 57.5 Å². The van der Waals surface area contributed by atoms with Crippen LogP contribution in [0.3, 0.4) is 0 Å². The number of hydrogen-bond donors (Lipinski definition) is 2. The molecule has 0 bridgehead atoms. The molecule has 1 aromatic carbocycles. The summed E-state index contributed by atoms with van der Waals surface area (Å²) in [4.78, 5) is 15.3. The molecule has 0 saturated carbocycles. The fraction of sp³-hybridized carbons (Fsp3) is 0.571. The molecule has 2 aliphatic rings. The average molecular weight is 455 g/mol. The predicted molar refractivity (Wildman–Crippen MR) is 123 cm³/mol. The maximum absolute atomic E-state index is 12.8. The molecule has 3 heterocycles. The van der Waals surface area contributed by atoms with Crippen LogP contribution >= 0.6 is 24.8 Å². The highest BCUT2D eigenvalue weighted by atomic mass is 35.5. The van der Waals surface area contributed by atoms with Gasteiger partial charge in [0.15, 0.2) is 5.69 Å². The van der Waals surface area contributed by atoms with Gasteiger partial charge in [0, 0.05) is 25.2 Å². The Balaban J connectivity index is 0.00000160. The van der Waals surface area contributed by atoms with Crippen LogP contribution in [0.25, 0.3) is 0 Å². The monoisotopic (exact) mass is 454 g/mol. The SMILES string of the molecule is Cc1c(C(=O)NC2CC(C)N(Cc3ccccc3)C2)nnn1C1CCNCC1.Cl.Cl. The first-order chi connectivity index (χ1) is 13.6. The van der Waals surface area contributed by atoms with Gasteiger partial charge in [-0.05, 0) is 51.8 Å². The van der Waals surface area contributed by atoms with Crippen molar-refractivity contribution < 1.29 is 4.79 Å². The van der Waals surface area contributed by atoms with Gasteiger partial charge < -0.3 is 10.6 Å². The van der Waals surface area contributed by atoms with Crippen LogP contribution in [0.5, 0.6) is 0 Å². The zero-order valence-corrected chi connectivity index (χ0v) is 19.2. The third-order valence-electron chi connectivity index (χ3n) is 6.06. The van der Waals surface area contributed by atoms with E-state index in [2.05, 4.69) is 57.0 Å². The quantitative estimate of drug-likeness (QED) is 0.726. The van der Waals surface area contributed by atoms with E-state index in [0.717, 1.165) is 51.1 Å². The second kappa shape index (κ2) is 11.1. The van der Waals surface area contributed by atoms with E-state index in [9.17, 15) is 4.79 Å². The van der Waals surface area contributed by atoms with Crippen LogP contribution in [0.15, 0.2) is 30.3 Å². The fourth-order valence-electron chi connectivity index (χ4n) is 4.44. The molecule has 1 amide bonds. The van der Waals surface area contributed by atoms with E-state index in [1.807, 2.05) is 17.7 Å². The lowest BCUT2D eigenvalue weighted by molar-refractivity contribution is 0.0931. The van der Waals surface area contributed by atoms with Gasteiger partial charge >= 0.3 is 0 Å². The van der Waals surface area contributed by atoms with Crippen molar-refractivity contribution in [1.29, 1.82) is 0 Å². The van der Waals surface area contributed by atoms with Gasteiger partial charge in [-0.3, -0.25) is 9.69 Å². The van der Waals surface area contributed by atoms with E-state index in [0.29, 0.717) is 17.8 Å². The van der Waals surface area contributed by atoms with Crippen molar-refractivity contribution in [2.45, 2.75) is 57.8 Å². The molecule has 2 N–H and O–H groups in total. The highest BCUT2D eigenvalue weighted by molar-refractivity contribution is 5.93. The molecule has 0 aliphatic carbocycles. The Kier molecular flexibility index (Phi) is 9.09. The number of likely N-dealkylation sites (tertiary alicyclic amines) is 1. The molecule has 0 radical (unpaired) electrons. The molecular weight excluding hydrogens is 423 g/mol. The molecule has 2 saturated heterocycles. The summed E-state index contributed by atoms with van der Waals surface area (Å²) in [5.74, 6) is -0.101. The van der Waals surface area contributed by atoms with Crippen molar-refractivity contribution in [3.63, 3.8) is 0 Å². The van der Waals surface area contributed by atoms with Crippen LogP contribution in [0.2, 0.25) is 0 Å². The molecule has 30 heavy (non-hydrogen) atoms. The van der Waals surface area contributed by atoms with Gasteiger partial charge in [-0.1, -0.05) is 35.5 Å². The number of rotatable bonds is 5. The second-order valence-corrected chi connectivity index (χ2v) is 8.12. The fourth-order valence-corrected chi connectivity index (χ4v) is 4.44. The Morgan fingerprint density at radius 1 is 1.20 bits per heavy atom. The molecule has 1 aromatic heterocycles. The third kappa shape index (κ3) is 5.52. The number of nitrogens with one attached hydrogen (secondary N) is 2. The normalized spacial score (nSPS) is 22.2. The first-order valence-electron chi connectivity index (χ1n) is 10.3. The van der Waals surface area contributed by atoms with Crippen molar-refractivity contribution >= 4 is 30.7 Å². The van der Waals surface area contributed by atoms with Crippen LogP contribution in [0.4, 0.5) is 0 Å². The Hall–Kier alpha value is -1.67. The molecule has 166 valence electrons.